The Hall–Kier alpha value is -2.82. The monoisotopic (exact) mass is 325 g/mol. The topological polar surface area (TPSA) is 61.4 Å². The molecule has 5 heteroatoms. The first kappa shape index (κ1) is 17.5. The fourth-order valence-electron chi connectivity index (χ4n) is 2.24. The lowest BCUT2D eigenvalue weighted by Crippen LogP contribution is -2.41. The van der Waals surface area contributed by atoms with E-state index in [-0.39, 0.29) is 11.8 Å². The quantitative estimate of drug-likeness (QED) is 0.803. The second-order valence-electron chi connectivity index (χ2n) is 5.60. The van der Waals surface area contributed by atoms with Gasteiger partial charge in [0, 0.05) is 30.4 Å². The zero-order valence-corrected chi connectivity index (χ0v) is 14.1. The van der Waals surface area contributed by atoms with Crippen molar-refractivity contribution in [2.75, 3.05) is 18.5 Å². The van der Waals surface area contributed by atoms with E-state index in [2.05, 4.69) is 22.7 Å². The molecule has 2 amide bonds. The second kappa shape index (κ2) is 8.72. The Morgan fingerprint density at radius 3 is 1.96 bits per heavy atom. The first-order valence-electron chi connectivity index (χ1n) is 8.08. The van der Waals surface area contributed by atoms with Crippen LogP contribution in [0.2, 0.25) is 0 Å². The zero-order valence-electron chi connectivity index (χ0n) is 14.1. The lowest BCUT2D eigenvalue weighted by molar-refractivity contribution is 0.0846. The summed E-state index contributed by atoms with van der Waals surface area (Å²) < 4.78 is 0. The van der Waals surface area contributed by atoms with E-state index in [4.69, 9.17) is 0 Å². The van der Waals surface area contributed by atoms with Crippen LogP contribution in [0.25, 0.3) is 0 Å². The van der Waals surface area contributed by atoms with Gasteiger partial charge in [0.25, 0.3) is 11.8 Å². The van der Waals surface area contributed by atoms with Gasteiger partial charge in [0.15, 0.2) is 0 Å². The van der Waals surface area contributed by atoms with Gasteiger partial charge < -0.3 is 4.90 Å². The van der Waals surface area contributed by atoms with E-state index in [0.717, 1.165) is 25.1 Å². The number of amides is 2. The molecule has 0 saturated carbocycles. The molecule has 0 bridgehead atoms. The van der Waals surface area contributed by atoms with Crippen LogP contribution in [0.4, 0.5) is 5.69 Å². The summed E-state index contributed by atoms with van der Waals surface area (Å²) in [5.74, 6) is -0.693. The third kappa shape index (κ3) is 4.84. The van der Waals surface area contributed by atoms with Gasteiger partial charge in [-0.1, -0.05) is 31.5 Å². The van der Waals surface area contributed by atoms with E-state index in [1.165, 1.54) is 0 Å². The fourth-order valence-corrected chi connectivity index (χ4v) is 2.24. The number of unbranched alkanes of at least 4 members (excludes halogenated alkanes) is 1. The molecule has 0 aliphatic heterocycles. The zero-order chi connectivity index (χ0) is 17.4. The van der Waals surface area contributed by atoms with Crippen molar-refractivity contribution in [3.05, 3.63) is 65.7 Å². The van der Waals surface area contributed by atoms with Crippen LogP contribution >= 0.6 is 0 Å². The normalized spacial score (nSPS) is 10.1. The van der Waals surface area contributed by atoms with Crippen LogP contribution in [0.15, 0.2) is 54.6 Å². The van der Waals surface area contributed by atoms with Gasteiger partial charge in [0.2, 0.25) is 0 Å². The van der Waals surface area contributed by atoms with Gasteiger partial charge >= 0.3 is 0 Å². The van der Waals surface area contributed by atoms with Gasteiger partial charge in [-0.2, -0.15) is 0 Å². The molecule has 0 aliphatic rings. The highest BCUT2D eigenvalue weighted by Gasteiger charge is 2.09. The highest BCUT2D eigenvalue weighted by Crippen LogP contribution is 2.14. The summed E-state index contributed by atoms with van der Waals surface area (Å²) in [6.07, 6.45) is 2.27. The van der Waals surface area contributed by atoms with E-state index in [1.807, 2.05) is 25.2 Å². The second-order valence-corrected chi connectivity index (χ2v) is 5.60. The number of anilines is 1. The summed E-state index contributed by atoms with van der Waals surface area (Å²) in [5, 5.41) is 0. The van der Waals surface area contributed by atoms with Crippen molar-refractivity contribution in [2.45, 2.75) is 19.8 Å². The summed E-state index contributed by atoms with van der Waals surface area (Å²) in [4.78, 5) is 26.1. The average molecular weight is 325 g/mol. The lowest BCUT2D eigenvalue weighted by Gasteiger charge is -2.19. The van der Waals surface area contributed by atoms with Crippen LogP contribution in [-0.2, 0) is 0 Å². The maximum absolute atomic E-state index is 12.1. The predicted octanol–water partition coefficient (Wildman–Crippen LogP) is 3.00. The molecule has 0 saturated heterocycles. The summed E-state index contributed by atoms with van der Waals surface area (Å²) in [7, 11) is 2.03. The SMILES string of the molecule is CCCCN(C)c1ccc(C(=O)NNC(=O)c2ccccc2)cc1. The Labute approximate surface area is 142 Å². The van der Waals surface area contributed by atoms with E-state index < -0.39 is 0 Å². The van der Waals surface area contributed by atoms with Gasteiger partial charge in [0.1, 0.15) is 0 Å². The van der Waals surface area contributed by atoms with Crippen LogP contribution < -0.4 is 15.8 Å². The Bertz CT molecular complexity index is 669. The summed E-state index contributed by atoms with van der Waals surface area (Å²) in [6, 6.07) is 16.0. The minimum Gasteiger partial charge on any atom is -0.375 e. The van der Waals surface area contributed by atoms with Crippen LogP contribution in [0.1, 0.15) is 40.5 Å². The number of nitrogens with zero attached hydrogens (tertiary/aromatic N) is 1. The molecule has 126 valence electrons. The number of hydrogen-bond donors (Lipinski definition) is 2. The van der Waals surface area contributed by atoms with Crippen LogP contribution in [0.3, 0.4) is 0 Å². The predicted molar refractivity (Wildman–Crippen MR) is 96.0 cm³/mol. The molecule has 0 aromatic heterocycles. The van der Waals surface area contributed by atoms with Gasteiger partial charge in [-0.05, 0) is 42.8 Å². The minimum absolute atomic E-state index is 0.345. The number of rotatable bonds is 6. The van der Waals surface area contributed by atoms with Crippen molar-refractivity contribution in [3.63, 3.8) is 0 Å². The van der Waals surface area contributed by atoms with Crippen molar-refractivity contribution in [2.24, 2.45) is 0 Å². The molecule has 0 fully saturated rings. The number of hydrazine groups is 1. The molecular formula is C19H23N3O2. The van der Waals surface area contributed by atoms with Crippen molar-refractivity contribution >= 4 is 17.5 Å². The Morgan fingerprint density at radius 1 is 0.875 bits per heavy atom. The molecule has 2 aromatic rings. The molecule has 5 nitrogen and oxygen atoms in total. The lowest BCUT2D eigenvalue weighted by atomic mass is 10.2. The van der Waals surface area contributed by atoms with Crippen molar-refractivity contribution < 1.29 is 9.59 Å². The van der Waals surface area contributed by atoms with Gasteiger partial charge in [0.05, 0.1) is 0 Å². The van der Waals surface area contributed by atoms with Crippen molar-refractivity contribution in [1.29, 1.82) is 0 Å². The number of benzene rings is 2. The highest BCUT2D eigenvalue weighted by molar-refractivity contribution is 5.99. The van der Waals surface area contributed by atoms with Crippen LogP contribution in [0.5, 0.6) is 0 Å². The number of carbonyl (C=O) groups is 2. The molecule has 0 unspecified atom stereocenters. The third-order valence-corrected chi connectivity index (χ3v) is 3.74. The number of hydrogen-bond acceptors (Lipinski definition) is 3. The summed E-state index contributed by atoms with van der Waals surface area (Å²) in [6.45, 7) is 3.14. The fraction of sp³-hybridized carbons (Fsp3) is 0.263. The highest BCUT2D eigenvalue weighted by atomic mass is 16.2. The summed E-state index contributed by atoms with van der Waals surface area (Å²) >= 11 is 0. The van der Waals surface area contributed by atoms with Gasteiger partial charge in [-0.3, -0.25) is 20.4 Å². The van der Waals surface area contributed by atoms with E-state index >= 15 is 0 Å². The Kier molecular flexibility index (Phi) is 6.37. The maximum Gasteiger partial charge on any atom is 0.269 e. The van der Waals surface area contributed by atoms with Crippen molar-refractivity contribution in [1.82, 2.24) is 10.9 Å². The molecule has 2 aromatic carbocycles. The van der Waals surface area contributed by atoms with E-state index in [0.29, 0.717) is 11.1 Å². The van der Waals surface area contributed by atoms with Gasteiger partial charge in [-0.15, -0.1) is 0 Å². The van der Waals surface area contributed by atoms with Crippen molar-refractivity contribution in [3.8, 4) is 0 Å². The van der Waals surface area contributed by atoms with Crippen LogP contribution in [-0.4, -0.2) is 25.4 Å². The average Bonchev–Trinajstić information content (AvgIpc) is 2.64. The molecule has 2 rings (SSSR count). The number of carbonyl (C=O) groups excluding carboxylic acids is 2. The Balaban J connectivity index is 1.89. The largest absolute Gasteiger partial charge is 0.375 e. The van der Waals surface area contributed by atoms with Gasteiger partial charge in [-0.25, -0.2) is 0 Å². The third-order valence-electron chi connectivity index (χ3n) is 3.74. The smallest absolute Gasteiger partial charge is 0.269 e. The Morgan fingerprint density at radius 2 is 1.42 bits per heavy atom. The maximum atomic E-state index is 12.1. The van der Waals surface area contributed by atoms with E-state index in [9.17, 15) is 9.59 Å². The standard InChI is InChI=1S/C19H23N3O2/c1-3-4-14-22(2)17-12-10-16(11-13-17)19(24)21-20-18(23)15-8-6-5-7-9-15/h5-13H,3-4,14H2,1-2H3,(H,20,23)(H,21,24). The molecule has 0 heterocycles. The first-order chi connectivity index (χ1) is 11.6. The molecule has 2 N–H and O–H groups in total. The minimum atomic E-state index is -0.347. The number of nitrogens with one attached hydrogen (secondary N) is 2. The van der Waals surface area contributed by atoms with E-state index in [1.54, 1.807) is 36.4 Å². The molecule has 0 radical (unpaired) electrons. The van der Waals surface area contributed by atoms with Crippen LogP contribution in [0, 0.1) is 0 Å². The molecule has 0 spiro atoms. The molecular weight excluding hydrogens is 302 g/mol. The molecule has 0 atom stereocenters. The molecule has 24 heavy (non-hydrogen) atoms. The molecule has 0 aliphatic carbocycles. The first-order valence-corrected chi connectivity index (χ1v) is 8.08. The summed E-state index contributed by atoms with van der Waals surface area (Å²) in [5.41, 5.74) is 6.89.